The first kappa shape index (κ1) is 14.5. The largest absolute Gasteiger partial charge is 0.486 e. The molecule has 0 saturated heterocycles. The van der Waals surface area contributed by atoms with Crippen LogP contribution in [0.2, 0.25) is 0 Å². The van der Waals surface area contributed by atoms with Gasteiger partial charge in [-0.2, -0.15) is 13.2 Å². The van der Waals surface area contributed by atoms with Crippen molar-refractivity contribution in [2.24, 2.45) is 5.73 Å². The van der Waals surface area contributed by atoms with Crippen LogP contribution in [-0.2, 0) is 11.7 Å². The second-order valence-corrected chi connectivity index (χ2v) is 5.73. The maximum absolute atomic E-state index is 13.1. The predicted octanol–water partition coefficient (Wildman–Crippen LogP) is 3.59. The van der Waals surface area contributed by atoms with Crippen molar-refractivity contribution in [1.82, 2.24) is 0 Å². The SMILES string of the molecule is NC1(c2ccc(C(F)(F)F)c3c2OCCO3)CCCCC1. The molecule has 1 aromatic rings. The number of ether oxygens (including phenoxy) is 2. The van der Waals surface area contributed by atoms with Gasteiger partial charge in [-0.15, -0.1) is 0 Å². The number of fused-ring (bicyclic) bond motifs is 1. The van der Waals surface area contributed by atoms with Crippen molar-refractivity contribution >= 4 is 0 Å². The number of alkyl halides is 3. The Bertz CT molecular complexity index is 536. The molecule has 2 aliphatic rings. The summed E-state index contributed by atoms with van der Waals surface area (Å²) in [6, 6.07) is 2.52. The van der Waals surface area contributed by atoms with Crippen LogP contribution in [0.5, 0.6) is 11.5 Å². The van der Waals surface area contributed by atoms with Crippen LogP contribution in [-0.4, -0.2) is 13.2 Å². The summed E-state index contributed by atoms with van der Waals surface area (Å²) in [6.07, 6.45) is 0.124. The van der Waals surface area contributed by atoms with Crippen molar-refractivity contribution in [3.05, 3.63) is 23.3 Å². The van der Waals surface area contributed by atoms with Crippen LogP contribution < -0.4 is 15.2 Å². The average molecular weight is 301 g/mol. The van der Waals surface area contributed by atoms with E-state index in [1.165, 1.54) is 6.07 Å². The molecule has 1 aliphatic carbocycles. The fourth-order valence-corrected chi connectivity index (χ4v) is 3.20. The minimum atomic E-state index is -4.46. The quantitative estimate of drug-likeness (QED) is 0.862. The molecule has 21 heavy (non-hydrogen) atoms. The van der Waals surface area contributed by atoms with Crippen LogP contribution in [0.3, 0.4) is 0 Å². The van der Waals surface area contributed by atoms with Gasteiger partial charge in [0.2, 0.25) is 0 Å². The van der Waals surface area contributed by atoms with Gasteiger partial charge in [0, 0.05) is 11.1 Å². The first-order chi connectivity index (χ1) is 9.92. The highest BCUT2D eigenvalue weighted by Crippen LogP contribution is 2.49. The third kappa shape index (κ3) is 2.57. The van der Waals surface area contributed by atoms with Gasteiger partial charge in [-0.3, -0.25) is 0 Å². The van der Waals surface area contributed by atoms with Crippen LogP contribution >= 0.6 is 0 Å². The van der Waals surface area contributed by atoms with Gasteiger partial charge < -0.3 is 15.2 Å². The summed E-state index contributed by atoms with van der Waals surface area (Å²) in [5.74, 6) is -0.0258. The molecule has 0 unspecified atom stereocenters. The van der Waals surface area contributed by atoms with Crippen LogP contribution in [0, 0.1) is 0 Å². The van der Waals surface area contributed by atoms with Gasteiger partial charge >= 0.3 is 6.18 Å². The Morgan fingerprint density at radius 1 is 0.952 bits per heavy atom. The lowest BCUT2D eigenvalue weighted by Crippen LogP contribution is -2.39. The second-order valence-electron chi connectivity index (χ2n) is 5.73. The van der Waals surface area contributed by atoms with E-state index in [0.29, 0.717) is 5.56 Å². The third-order valence-electron chi connectivity index (χ3n) is 4.28. The molecule has 0 aromatic heterocycles. The van der Waals surface area contributed by atoms with Crippen molar-refractivity contribution in [3.63, 3.8) is 0 Å². The molecular formula is C15H18F3NO2. The summed E-state index contributed by atoms with van der Waals surface area (Å²) in [5, 5.41) is 0. The van der Waals surface area contributed by atoms with E-state index in [2.05, 4.69) is 0 Å². The standard InChI is InChI=1S/C15H18F3NO2/c16-15(17,18)11-5-4-10(12-13(11)21-9-8-20-12)14(19)6-2-1-3-7-14/h4-5H,1-3,6-9,19H2. The molecule has 3 nitrogen and oxygen atoms in total. The maximum atomic E-state index is 13.1. The smallest absolute Gasteiger partial charge is 0.420 e. The highest BCUT2D eigenvalue weighted by molar-refractivity contribution is 5.56. The van der Waals surface area contributed by atoms with E-state index in [4.69, 9.17) is 15.2 Å². The zero-order chi connectivity index (χ0) is 15.1. The zero-order valence-corrected chi connectivity index (χ0v) is 11.6. The number of hydrogen-bond donors (Lipinski definition) is 1. The first-order valence-corrected chi connectivity index (χ1v) is 7.21. The lowest BCUT2D eigenvalue weighted by molar-refractivity contribution is -0.139. The van der Waals surface area contributed by atoms with Crippen molar-refractivity contribution < 1.29 is 22.6 Å². The molecule has 0 amide bonds. The minimum absolute atomic E-state index is 0.122. The van der Waals surface area contributed by atoms with Crippen LogP contribution in [0.15, 0.2) is 12.1 Å². The van der Waals surface area contributed by atoms with Crippen molar-refractivity contribution in [2.75, 3.05) is 13.2 Å². The molecule has 3 rings (SSSR count). The van der Waals surface area contributed by atoms with Gasteiger partial charge in [0.05, 0.1) is 0 Å². The molecular weight excluding hydrogens is 283 g/mol. The molecule has 1 aliphatic heterocycles. The Kier molecular flexibility index (Phi) is 3.51. The van der Waals surface area contributed by atoms with E-state index in [9.17, 15) is 13.2 Å². The van der Waals surface area contributed by atoms with E-state index in [0.717, 1.165) is 38.2 Å². The number of benzene rings is 1. The van der Waals surface area contributed by atoms with Crippen LogP contribution in [0.25, 0.3) is 0 Å². The lowest BCUT2D eigenvalue weighted by Gasteiger charge is -2.36. The Morgan fingerprint density at radius 3 is 2.19 bits per heavy atom. The monoisotopic (exact) mass is 301 g/mol. The maximum Gasteiger partial charge on any atom is 0.420 e. The van der Waals surface area contributed by atoms with Crippen molar-refractivity contribution in [1.29, 1.82) is 0 Å². The molecule has 0 spiro atoms. The van der Waals surface area contributed by atoms with Crippen molar-refractivity contribution in [3.8, 4) is 11.5 Å². The molecule has 2 N–H and O–H groups in total. The van der Waals surface area contributed by atoms with Gasteiger partial charge in [0.25, 0.3) is 0 Å². The average Bonchev–Trinajstić information content (AvgIpc) is 2.45. The molecule has 116 valence electrons. The van der Waals surface area contributed by atoms with Gasteiger partial charge in [0.15, 0.2) is 11.5 Å². The molecule has 1 fully saturated rings. The van der Waals surface area contributed by atoms with Crippen LogP contribution in [0.1, 0.15) is 43.2 Å². The molecule has 0 bridgehead atoms. The van der Waals surface area contributed by atoms with Gasteiger partial charge in [-0.25, -0.2) is 0 Å². The molecule has 1 saturated carbocycles. The fourth-order valence-electron chi connectivity index (χ4n) is 3.20. The normalized spacial score (nSPS) is 21.1. The number of halogens is 3. The topological polar surface area (TPSA) is 44.5 Å². The molecule has 1 heterocycles. The Morgan fingerprint density at radius 2 is 1.57 bits per heavy atom. The molecule has 6 heteroatoms. The van der Waals surface area contributed by atoms with E-state index in [1.807, 2.05) is 0 Å². The summed E-state index contributed by atoms with van der Waals surface area (Å²) < 4.78 is 50.0. The number of nitrogens with two attached hydrogens (primary N) is 1. The van der Waals surface area contributed by atoms with Gasteiger partial charge in [0.1, 0.15) is 18.8 Å². The highest BCUT2D eigenvalue weighted by Gasteiger charge is 2.41. The van der Waals surface area contributed by atoms with E-state index >= 15 is 0 Å². The fraction of sp³-hybridized carbons (Fsp3) is 0.600. The Hall–Kier alpha value is -1.43. The Balaban J connectivity index is 2.10. The minimum Gasteiger partial charge on any atom is -0.486 e. The van der Waals surface area contributed by atoms with E-state index < -0.39 is 17.3 Å². The second kappa shape index (κ2) is 5.09. The predicted molar refractivity (Wildman–Crippen MR) is 71.4 cm³/mol. The summed E-state index contributed by atoms with van der Waals surface area (Å²) in [7, 11) is 0. The lowest BCUT2D eigenvalue weighted by atomic mass is 9.76. The summed E-state index contributed by atoms with van der Waals surface area (Å²) >= 11 is 0. The summed E-state index contributed by atoms with van der Waals surface area (Å²) in [6.45, 7) is 0.370. The number of hydrogen-bond acceptors (Lipinski definition) is 3. The molecule has 1 aromatic carbocycles. The summed E-state index contributed by atoms with van der Waals surface area (Å²) in [5.41, 5.74) is 5.68. The van der Waals surface area contributed by atoms with E-state index in [-0.39, 0.29) is 24.7 Å². The first-order valence-electron chi connectivity index (χ1n) is 7.21. The van der Waals surface area contributed by atoms with Gasteiger partial charge in [-0.1, -0.05) is 25.3 Å². The zero-order valence-electron chi connectivity index (χ0n) is 11.6. The van der Waals surface area contributed by atoms with Gasteiger partial charge in [-0.05, 0) is 18.9 Å². The van der Waals surface area contributed by atoms with Crippen LogP contribution in [0.4, 0.5) is 13.2 Å². The number of rotatable bonds is 1. The summed E-state index contributed by atoms with van der Waals surface area (Å²) in [4.78, 5) is 0. The third-order valence-corrected chi connectivity index (χ3v) is 4.28. The Labute approximate surface area is 121 Å². The highest BCUT2D eigenvalue weighted by atomic mass is 19.4. The van der Waals surface area contributed by atoms with Crippen molar-refractivity contribution in [2.45, 2.75) is 43.8 Å². The molecule has 0 atom stereocenters. The van der Waals surface area contributed by atoms with E-state index in [1.54, 1.807) is 0 Å². The molecule has 0 radical (unpaired) electrons.